The number of benzene rings is 1. The first-order valence-electron chi connectivity index (χ1n) is 8.41. The second kappa shape index (κ2) is 7.07. The van der Waals surface area contributed by atoms with Crippen LogP contribution in [0.1, 0.15) is 31.9 Å². The minimum Gasteiger partial charge on any atom is -0.481 e. The Morgan fingerprint density at radius 2 is 1.88 bits per heavy atom. The van der Waals surface area contributed by atoms with Gasteiger partial charge in [0.1, 0.15) is 12.4 Å². The number of fused-ring (bicyclic) bond motifs is 1. The maximum Gasteiger partial charge on any atom is 0.416 e. The number of H-pyrrole nitrogens is 1. The fraction of sp³-hybridized carbons (Fsp3) is 0.389. The van der Waals surface area contributed by atoms with Gasteiger partial charge in [0.25, 0.3) is 5.56 Å². The van der Waals surface area contributed by atoms with Gasteiger partial charge in [-0.05, 0) is 19.4 Å². The molecule has 3 atom stereocenters. The summed E-state index contributed by atoms with van der Waals surface area (Å²) in [5.41, 5.74) is 0.489. The van der Waals surface area contributed by atoms with E-state index in [1.165, 1.54) is 11.0 Å². The Morgan fingerprint density at radius 1 is 1.19 bits per heavy atom. The second-order valence-corrected chi connectivity index (χ2v) is 6.50. The standard InChI is InChI=1S/C18H21N3O5/c1-11-14(8-17(23)24)12(2)21-16(9-15(22)19-21)20(11)18(25)26-10-13-6-4-3-5-7-13/h3-7,9,11-12,14H,8,10H2,1-2H3,(H,19,22)(H,23,24). The third kappa shape index (κ3) is 3.35. The van der Waals surface area contributed by atoms with Gasteiger partial charge in [-0.3, -0.25) is 24.3 Å². The molecule has 0 aliphatic carbocycles. The number of hydrogen-bond acceptors (Lipinski definition) is 4. The van der Waals surface area contributed by atoms with Crippen LogP contribution in [-0.4, -0.2) is 33.0 Å². The number of aromatic nitrogens is 2. The van der Waals surface area contributed by atoms with Gasteiger partial charge in [0.2, 0.25) is 0 Å². The molecule has 138 valence electrons. The number of carbonyl (C=O) groups is 2. The molecule has 2 aromatic rings. The molecule has 3 rings (SSSR count). The number of amides is 1. The van der Waals surface area contributed by atoms with Crippen LogP contribution in [-0.2, 0) is 16.1 Å². The van der Waals surface area contributed by atoms with Crippen molar-refractivity contribution in [2.45, 2.75) is 39.0 Å². The van der Waals surface area contributed by atoms with Crippen LogP contribution in [0.15, 0.2) is 41.2 Å². The molecule has 0 fully saturated rings. The van der Waals surface area contributed by atoms with Crippen molar-refractivity contribution in [3.8, 4) is 0 Å². The van der Waals surface area contributed by atoms with E-state index >= 15 is 0 Å². The number of hydrogen-bond donors (Lipinski definition) is 2. The van der Waals surface area contributed by atoms with Crippen molar-refractivity contribution in [3.05, 3.63) is 52.3 Å². The number of anilines is 1. The third-order valence-corrected chi connectivity index (χ3v) is 4.85. The number of rotatable bonds is 4. The molecule has 2 heterocycles. The van der Waals surface area contributed by atoms with Crippen molar-refractivity contribution in [1.82, 2.24) is 9.78 Å². The maximum absolute atomic E-state index is 12.7. The number of ether oxygens (including phenoxy) is 1. The molecule has 8 heteroatoms. The summed E-state index contributed by atoms with van der Waals surface area (Å²) < 4.78 is 6.94. The van der Waals surface area contributed by atoms with E-state index in [0.29, 0.717) is 5.82 Å². The third-order valence-electron chi connectivity index (χ3n) is 4.85. The molecule has 0 spiro atoms. The second-order valence-electron chi connectivity index (χ2n) is 6.50. The predicted octanol–water partition coefficient (Wildman–Crippen LogP) is 2.37. The van der Waals surface area contributed by atoms with Gasteiger partial charge >= 0.3 is 12.1 Å². The summed E-state index contributed by atoms with van der Waals surface area (Å²) >= 11 is 0. The van der Waals surface area contributed by atoms with Crippen LogP contribution in [0.5, 0.6) is 0 Å². The molecule has 3 unspecified atom stereocenters. The van der Waals surface area contributed by atoms with E-state index in [0.717, 1.165) is 5.56 Å². The fourth-order valence-corrected chi connectivity index (χ4v) is 3.48. The molecular weight excluding hydrogens is 338 g/mol. The first kappa shape index (κ1) is 17.8. The van der Waals surface area contributed by atoms with Crippen LogP contribution in [0.25, 0.3) is 0 Å². The molecule has 26 heavy (non-hydrogen) atoms. The van der Waals surface area contributed by atoms with E-state index in [9.17, 15) is 19.5 Å². The topological polar surface area (TPSA) is 105 Å². The molecule has 1 aromatic carbocycles. The van der Waals surface area contributed by atoms with Gasteiger partial charge in [-0.2, -0.15) is 0 Å². The van der Waals surface area contributed by atoms with Gasteiger partial charge in [-0.1, -0.05) is 30.3 Å². The molecule has 1 aliphatic heterocycles. The van der Waals surface area contributed by atoms with Gasteiger partial charge in [-0.15, -0.1) is 0 Å². The van der Waals surface area contributed by atoms with E-state index in [2.05, 4.69) is 5.10 Å². The van der Waals surface area contributed by atoms with Gasteiger partial charge in [-0.25, -0.2) is 4.79 Å². The minimum atomic E-state index is -0.954. The zero-order valence-electron chi connectivity index (χ0n) is 14.6. The van der Waals surface area contributed by atoms with Crippen molar-refractivity contribution < 1.29 is 19.4 Å². The van der Waals surface area contributed by atoms with Crippen molar-refractivity contribution in [2.75, 3.05) is 4.90 Å². The van der Waals surface area contributed by atoms with Crippen LogP contribution < -0.4 is 10.5 Å². The maximum atomic E-state index is 12.7. The summed E-state index contributed by atoms with van der Waals surface area (Å²) in [6.07, 6.45) is -0.735. The van der Waals surface area contributed by atoms with Gasteiger partial charge in [0.15, 0.2) is 0 Å². The zero-order valence-corrected chi connectivity index (χ0v) is 14.6. The SMILES string of the molecule is CC1C(CC(=O)O)C(C)n2[nH]c(=O)cc2N1C(=O)OCc1ccccc1. The Bertz CT molecular complexity index is 857. The summed E-state index contributed by atoms with van der Waals surface area (Å²) in [5, 5.41) is 11.9. The molecular formula is C18H21N3O5. The first-order chi connectivity index (χ1) is 12.4. The highest BCUT2D eigenvalue weighted by molar-refractivity contribution is 5.87. The monoisotopic (exact) mass is 359 g/mol. The summed E-state index contributed by atoms with van der Waals surface area (Å²) in [6, 6.07) is 9.88. The van der Waals surface area contributed by atoms with Crippen LogP contribution in [0.2, 0.25) is 0 Å². The number of nitrogens with one attached hydrogen (secondary N) is 1. The Morgan fingerprint density at radius 3 is 2.54 bits per heavy atom. The molecule has 1 aliphatic rings. The highest BCUT2D eigenvalue weighted by atomic mass is 16.6. The minimum absolute atomic E-state index is 0.0939. The lowest BCUT2D eigenvalue weighted by Gasteiger charge is -2.42. The Kier molecular flexibility index (Phi) is 4.83. The average Bonchev–Trinajstić information content (AvgIpc) is 2.99. The van der Waals surface area contributed by atoms with Crippen LogP contribution >= 0.6 is 0 Å². The highest BCUT2D eigenvalue weighted by Gasteiger charge is 2.41. The van der Waals surface area contributed by atoms with Gasteiger partial charge in [0.05, 0.1) is 12.5 Å². The van der Waals surface area contributed by atoms with E-state index < -0.39 is 18.1 Å². The van der Waals surface area contributed by atoms with Gasteiger partial charge < -0.3 is 9.84 Å². The largest absolute Gasteiger partial charge is 0.481 e. The lowest BCUT2D eigenvalue weighted by molar-refractivity contribution is -0.138. The summed E-state index contributed by atoms with van der Waals surface area (Å²) in [4.78, 5) is 37.1. The Labute approximate surface area is 150 Å². The first-order valence-corrected chi connectivity index (χ1v) is 8.41. The molecule has 1 aromatic heterocycles. The summed E-state index contributed by atoms with van der Waals surface area (Å²) in [7, 11) is 0. The molecule has 0 saturated carbocycles. The highest BCUT2D eigenvalue weighted by Crippen LogP contribution is 2.37. The van der Waals surface area contributed by atoms with Crippen molar-refractivity contribution >= 4 is 17.9 Å². The smallest absolute Gasteiger partial charge is 0.416 e. The lowest BCUT2D eigenvalue weighted by Crippen LogP contribution is -2.51. The fourth-order valence-electron chi connectivity index (χ4n) is 3.48. The van der Waals surface area contributed by atoms with Crippen LogP contribution in [0.3, 0.4) is 0 Å². The lowest BCUT2D eigenvalue weighted by atomic mass is 9.87. The van der Waals surface area contributed by atoms with Crippen molar-refractivity contribution in [2.24, 2.45) is 5.92 Å². The molecule has 0 saturated heterocycles. The normalized spacial score (nSPS) is 21.9. The molecule has 2 N–H and O–H groups in total. The molecule has 0 bridgehead atoms. The average molecular weight is 359 g/mol. The number of carboxylic acid groups (broad SMARTS) is 1. The van der Waals surface area contributed by atoms with Crippen molar-refractivity contribution in [3.63, 3.8) is 0 Å². The quantitative estimate of drug-likeness (QED) is 0.872. The number of aromatic amines is 1. The molecule has 8 nitrogen and oxygen atoms in total. The number of carbonyl (C=O) groups excluding carboxylic acids is 1. The van der Waals surface area contributed by atoms with Crippen LogP contribution in [0, 0.1) is 5.92 Å². The van der Waals surface area contributed by atoms with Crippen LogP contribution in [0.4, 0.5) is 10.6 Å². The van der Waals surface area contributed by atoms with Crippen molar-refractivity contribution in [1.29, 1.82) is 0 Å². The Hall–Kier alpha value is -3.03. The molecule has 1 amide bonds. The van der Waals surface area contributed by atoms with Gasteiger partial charge in [0, 0.05) is 18.0 Å². The van der Waals surface area contributed by atoms with E-state index in [4.69, 9.17) is 4.74 Å². The van der Waals surface area contributed by atoms with E-state index in [1.807, 2.05) is 37.3 Å². The number of carboxylic acids is 1. The summed E-state index contributed by atoms with van der Waals surface area (Å²) in [5.74, 6) is -0.939. The van der Waals surface area contributed by atoms with E-state index in [-0.39, 0.29) is 30.5 Å². The predicted molar refractivity (Wildman–Crippen MR) is 94.1 cm³/mol. The number of aliphatic carboxylic acids is 1. The van der Waals surface area contributed by atoms with E-state index in [1.54, 1.807) is 11.6 Å². The zero-order chi connectivity index (χ0) is 18.8. The summed E-state index contributed by atoms with van der Waals surface area (Å²) in [6.45, 7) is 3.70. The Balaban J connectivity index is 1.88. The number of nitrogens with zero attached hydrogens (tertiary/aromatic N) is 2. The molecule has 0 radical (unpaired) electrons.